The first-order chi connectivity index (χ1) is 8.24. The second-order valence-electron chi connectivity index (χ2n) is 4.80. The van der Waals surface area contributed by atoms with Crippen molar-refractivity contribution in [3.63, 3.8) is 0 Å². The molecule has 0 aromatic carbocycles. The molecule has 1 N–H and O–H groups in total. The molecule has 1 heterocycles. The number of nitrogens with zero attached hydrogens (tertiary/aromatic N) is 3. The van der Waals surface area contributed by atoms with Gasteiger partial charge >= 0.3 is 0 Å². The lowest BCUT2D eigenvalue weighted by Gasteiger charge is -2.36. The van der Waals surface area contributed by atoms with E-state index < -0.39 is 0 Å². The van der Waals surface area contributed by atoms with Crippen LogP contribution in [0.15, 0.2) is 12.4 Å². The van der Waals surface area contributed by atoms with Gasteiger partial charge in [-0.3, -0.25) is 0 Å². The van der Waals surface area contributed by atoms with Crippen LogP contribution >= 0.6 is 0 Å². The zero-order valence-electron chi connectivity index (χ0n) is 10.6. The van der Waals surface area contributed by atoms with E-state index in [1.165, 1.54) is 0 Å². The third-order valence-corrected chi connectivity index (χ3v) is 3.88. The molecule has 0 amide bonds. The molecule has 0 aliphatic heterocycles. The summed E-state index contributed by atoms with van der Waals surface area (Å²) in [6, 6.07) is 2.86. The minimum atomic E-state index is -0.349. The standard InChI is InChI=1S/C13H20N4/c1-3-12-16-7-8-17(12)11-5-4-6-13(9-11,10-14)15-2/h7-8,11,15H,3-6,9H2,1-2H3. The molecular weight excluding hydrogens is 212 g/mol. The number of aromatic nitrogens is 2. The van der Waals surface area contributed by atoms with Crippen molar-refractivity contribution in [2.24, 2.45) is 0 Å². The summed E-state index contributed by atoms with van der Waals surface area (Å²) in [6.07, 6.45) is 8.93. The predicted octanol–water partition coefficient (Wildman–Crippen LogP) is 2.04. The highest BCUT2D eigenvalue weighted by Gasteiger charge is 2.36. The first kappa shape index (κ1) is 12.1. The summed E-state index contributed by atoms with van der Waals surface area (Å²) in [4.78, 5) is 4.37. The van der Waals surface area contributed by atoms with Gasteiger partial charge in [0.1, 0.15) is 11.4 Å². The van der Waals surface area contributed by atoms with Crippen molar-refractivity contribution in [3.8, 4) is 6.07 Å². The van der Waals surface area contributed by atoms with Crippen LogP contribution in [0, 0.1) is 11.3 Å². The third kappa shape index (κ3) is 2.20. The van der Waals surface area contributed by atoms with Gasteiger partial charge in [0.25, 0.3) is 0 Å². The quantitative estimate of drug-likeness (QED) is 0.867. The van der Waals surface area contributed by atoms with Crippen molar-refractivity contribution < 1.29 is 0 Å². The Morgan fingerprint density at radius 1 is 1.71 bits per heavy atom. The zero-order valence-corrected chi connectivity index (χ0v) is 10.6. The minimum absolute atomic E-state index is 0.349. The Kier molecular flexibility index (Phi) is 3.49. The Labute approximate surface area is 103 Å². The Balaban J connectivity index is 2.21. The molecule has 2 rings (SSSR count). The van der Waals surface area contributed by atoms with Crippen LogP contribution in [-0.2, 0) is 6.42 Å². The summed E-state index contributed by atoms with van der Waals surface area (Å²) in [6.45, 7) is 2.12. The maximum atomic E-state index is 9.35. The highest BCUT2D eigenvalue weighted by atomic mass is 15.1. The third-order valence-electron chi connectivity index (χ3n) is 3.88. The Morgan fingerprint density at radius 2 is 2.53 bits per heavy atom. The van der Waals surface area contributed by atoms with Crippen molar-refractivity contribution in [1.82, 2.24) is 14.9 Å². The summed E-state index contributed by atoms with van der Waals surface area (Å²) in [7, 11) is 1.89. The van der Waals surface area contributed by atoms with Crippen LogP contribution in [0.25, 0.3) is 0 Å². The number of nitrogens with one attached hydrogen (secondary N) is 1. The molecule has 2 unspecified atom stereocenters. The highest BCUT2D eigenvalue weighted by molar-refractivity contribution is 5.11. The maximum absolute atomic E-state index is 9.35. The van der Waals surface area contributed by atoms with E-state index in [-0.39, 0.29) is 5.54 Å². The monoisotopic (exact) mass is 232 g/mol. The second-order valence-corrected chi connectivity index (χ2v) is 4.80. The minimum Gasteiger partial charge on any atom is -0.332 e. The molecule has 1 fully saturated rings. The van der Waals surface area contributed by atoms with Gasteiger partial charge in [0.05, 0.1) is 6.07 Å². The van der Waals surface area contributed by atoms with E-state index in [1.54, 1.807) is 0 Å². The molecular formula is C13H20N4. The largest absolute Gasteiger partial charge is 0.332 e. The number of hydrogen-bond acceptors (Lipinski definition) is 3. The molecule has 0 spiro atoms. The number of hydrogen-bond donors (Lipinski definition) is 1. The molecule has 92 valence electrons. The molecule has 1 saturated carbocycles. The van der Waals surface area contributed by atoms with Crippen molar-refractivity contribution in [2.75, 3.05) is 7.05 Å². The molecule has 1 aromatic rings. The molecule has 4 heteroatoms. The van der Waals surface area contributed by atoms with Crippen LogP contribution in [0.3, 0.4) is 0 Å². The van der Waals surface area contributed by atoms with Crippen molar-refractivity contribution >= 4 is 0 Å². The Bertz CT molecular complexity index is 417. The van der Waals surface area contributed by atoms with E-state index in [4.69, 9.17) is 0 Å². The molecule has 1 aliphatic carbocycles. The second kappa shape index (κ2) is 4.89. The Hall–Kier alpha value is -1.34. The van der Waals surface area contributed by atoms with Crippen LogP contribution in [0.2, 0.25) is 0 Å². The van der Waals surface area contributed by atoms with Gasteiger partial charge in [0.15, 0.2) is 0 Å². The first-order valence-electron chi connectivity index (χ1n) is 6.36. The van der Waals surface area contributed by atoms with E-state index in [1.807, 2.05) is 19.4 Å². The molecule has 2 atom stereocenters. The van der Waals surface area contributed by atoms with E-state index in [0.717, 1.165) is 37.9 Å². The van der Waals surface area contributed by atoms with Gasteiger partial charge in [-0.05, 0) is 32.7 Å². The first-order valence-corrected chi connectivity index (χ1v) is 6.36. The SMILES string of the molecule is CCc1nccn1C1CCCC(C#N)(NC)C1. The summed E-state index contributed by atoms with van der Waals surface area (Å²) in [5.74, 6) is 1.12. The fourth-order valence-electron chi connectivity index (χ4n) is 2.82. The lowest BCUT2D eigenvalue weighted by molar-refractivity contribution is 0.238. The van der Waals surface area contributed by atoms with E-state index >= 15 is 0 Å². The summed E-state index contributed by atoms with van der Waals surface area (Å²) < 4.78 is 2.25. The summed E-state index contributed by atoms with van der Waals surface area (Å²) in [5, 5.41) is 12.5. The Morgan fingerprint density at radius 3 is 3.18 bits per heavy atom. The average molecular weight is 232 g/mol. The van der Waals surface area contributed by atoms with E-state index in [9.17, 15) is 5.26 Å². The fraction of sp³-hybridized carbons (Fsp3) is 0.692. The average Bonchev–Trinajstić information content (AvgIpc) is 2.87. The van der Waals surface area contributed by atoms with Gasteiger partial charge in [-0.2, -0.15) is 5.26 Å². The maximum Gasteiger partial charge on any atom is 0.108 e. The van der Waals surface area contributed by atoms with Crippen LogP contribution in [0.5, 0.6) is 0 Å². The molecule has 0 bridgehead atoms. The van der Waals surface area contributed by atoms with Gasteiger partial charge in [0, 0.05) is 24.9 Å². The van der Waals surface area contributed by atoms with Crippen LogP contribution < -0.4 is 5.32 Å². The fourth-order valence-corrected chi connectivity index (χ4v) is 2.82. The van der Waals surface area contributed by atoms with E-state index in [2.05, 4.69) is 27.9 Å². The highest BCUT2D eigenvalue weighted by Crippen LogP contribution is 2.35. The van der Waals surface area contributed by atoms with Crippen LogP contribution in [-0.4, -0.2) is 22.1 Å². The number of nitriles is 1. The number of aryl methyl sites for hydroxylation is 1. The van der Waals surface area contributed by atoms with Crippen molar-refractivity contribution in [1.29, 1.82) is 5.26 Å². The molecule has 1 aliphatic rings. The normalized spacial score (nSPS) is 28.9. The number of rotatable bonds is 3. The topological polar surface area (TPSA) is 53.6 Å². The van der Waals surface area contributed by atoms with Crippen molar-refractivity contribution in [3.05, 3.63) is 18.2 Å². The summed E-state index contributed by atoms with van der Waals surface area (Å²) >= 11 is 0. The van der Waals surface area contributed by atoms with Gasteiger partial charge in [-0.25, -0.2) is 4.98 Å². The van der Waals surface area contributed by atoms with Gasteiger partial charge in [-0.1, -0.05) is 6.92 Å². The van der Waals surface area contributed by atoms with Crippen LogP contribution in [0.1, 0.15) is 44.5 Å². The predicted molar refractivity (Wildman–Crippen MR) is 66.5 cm³/mol. The summed E-state index contributed by atoms with van der Waals surface area (Å²) in [5.41, 5.74) is -0.349. The van der Waals surface area contributed by atoms with Gasteiger partial charge in [-0.15, -0.1) is 0 Å². The molecule has 4 nitrogen and oxygen atoms in total. The molecule has 1 aromatic heterocycles. The number of imidazole rings is 1. The zero-order chi connectivity index (χ0) is 12.3. The lowest BCUT2D eigenvalue weighted by Crippen LogP contribution is -2.46. The van der Waals surface area contributed by atoms with Gasteiger partial charge < -0.3 is 9.88 Å². The van der Waals surface area contributed by atoms with Gasteiger partial charge in [0.2, 0.25) is 0 Å². The lowest BCUT2D eigenvalue weighted by atomic mass is 9.80. The molecule has 0 radical (unpaired) electrons. The smallest absolute Gasteiger partial charge is 0.108 e. The van der Waals surface area contributed by atoms with Crippen LogP contribution in [0.4, 0.5) is 0 Å². The molecule has 0 saturated heterocycles. The molecule has 17 heavy (non-hydrogen) atoms. The van der Waals surface area contributed by atoms with Crippen molar-refractivity contribution in [2.45, 2.75) is 50.6 Å². The van der Waals surface area contributed by atoms with E-state index in [0.29, 0.717) is 6.04 Å².